The molecule has 1 atom stereocenters. The molecule has 8 heteroatoms. The van der Waals surface area contributed by atoms with E-state index < -0.39 is 0 Å². The summed E-state index contributed by atoms with van der Waals surface area (Å²) in [7, 11) is 0. The number of urea groups is 1. The molecule has 0 aliphatic carbocycles. The van der Waals surface area contributed by atoms with E-state index in [1.807, 2.05) is 18.3 Å². The lowest BCUT2D eigenvalue weighted by Crippen LogP contribution is -2.49. The second-order valence-electron chi connectivity index (χ2n) is 8.80. The van der Waals surface area contributed by atoms with Crippen LogP contribution in [0.2, 0.25) is 0 Å². The van der Waals surface area contributed by atoms with Gasteiger partial charge in [0.15, 0.2) is 0 Å². The van der Waals surface area contributed by atoms with Crippen LogP contribution in [0.15, 0.2) is 24.4 Å². The topological polar surface area (TPSA) is 82.5 Å². The molecule has 3 saturated heterocycles. The van der Waals surface area contributed by atoms with Gasteiger partial charge in [0.25, 0.3) is 0 Å². The van der Waals surface area contributed by atoms with Crippen LogP contribution in [-0.4, -0.2) is 65.9 Å². The highest BCUT2D eigenvalue weighted by Gasteiger charge is 2.28. The molecule has 160 valence electrons. The Kier molecular flexibility index (Phi) is 5.43. The number of benzene rings is 1. The summed E-state index contributed by atoms with van der Waals surface area (Å²) < 4.78 is 2.14. The lowest BCUT2D eigenvalue weighted by Gasteiger charge is -2.35. The number of nitrogens with zero attached hydrogens (tertiary/aromatic N) is 4. The molecule has 3 aliphatic rings. The number of hydrogen-bond donors (Lipinski definition) is 2. The minimum absolute atomic E-state index is 0.213. The van der Waals surface area contributed by atoms with Crippen molar-refractivity contribution in [3.63, 3.8) is 0 Å². The van der Waals surface area contributed by atoms with Crippen LogP contribution in [0.25, 0.3) is 10.9 Å². The molecule has 0 saturated carbocycles. The van der Waals surface area contributed by atoms with Crippen LogP contribution in [-0.2, 0) is 4.79 Å². The Morgan fingerprint density at radius 1 is 1.10 bits per heavy atom. The van der Waals surface area contributed by atoms with E-state index in [1.165, 1.54) is 25.9 Å². The summed E-state index contributed by atoms with van der Waals surface area (Å²) in [4.78, 5) is 28.1. The first-order chi connectivity index (χ1) is 14.7. The normalized spacial score (nSPS) is 24.4. The Bertz CT molecular complexity index is 927. The maximum absolute atomic E-state index is 12.3. The number of imide groups is 1. The predicted molar refractivity (Wildman–Crippen MR) is 116 cm³/mol. The van der Waals surface area contributed by atoms with Gasteiger partial charge in [-0.1, -0.05) is 6.07 Å². The highest BCUT2D eigenvalue weighted by molar-refractivity contribution is 6.09. The number of anilines is 1. The number of likely N-dealkylation sites (tertiary alicyclic amines) is 1. The molecule has 8 nitrogen and oxygen atoms in total. The van der Waals surface area contributed by atoms with Gasteiger partial charge in [-0.15, -0.1) is 0 Å². The van der Waals surface area contributed by atoms with E-state index in [4.69, 9.17) is 5.10 Å². The molecule has 4 heterocycles. The number of rotatable bonds is 4. The number of carbonyl (C=O) groups excluding carboxylic acids is 2. The van der Waals surface area contributed by atoms with Crippen molar-refractivity contribution in [1.82, 2.24) is 25.3 Å². The summed E-state index contributed by atoms with van der Waals surface area (Å²) >= 11 is 0. The van der Waals surface area contributed by atoms with Crippen molar-refractivity contribution >= 4 is 28.5 Å². The zero-order valence-corrected chi connectivity index (χ0v) is 17.3. The largest absolute Gasteiger partial charge is 0.328 e. The van der Waals surface area contributed by atoms with E-state index in [0.717, 1.165) is 55.0 Å². The smallest absolute Gasteiger partial charge is 0.316 e. The van der Waals surface area contributed by atoms with Crippen molar-refractivity contribution in [3.05, 3.63) is 24.4 Å². The lowest BCUT2D eigenvalue weighted by molar-refractivity contribution is -0.120. The predicted octanol–water partition coefficient (Wildman–Crippen LogP) is 2.12. The Morgan fingerprint density at radius 3 is 2.73 bits per heavy atom. The van der Waals surface area contributed by atoms with E-state index in [1.54, 1.807) is 4.90 Å². The minimum Gasteiger partial charge on any atom is -0.316 e. The maximum atomic E-state index is 12.3. The fraction of sp³-hybridized carbons (Fsp3) is 0.591. The Hall–Kier alpha value is -2.45. The SMILES string of the molecule is O=C1CCN(c2cccc3c2cnn3C2CCN(CC3CCCNC3)CC2)C(=O)N1. The van der Waals surface area contributed by atoms with Gasteiger partial charge in [-0.3, -0.25) is 19.7 Å². The number of fused-ring (bicyclic) bond motifs is 1. The van der Waals surface area contributed by atoms with Gasteiger partial charge in [0.05, 0.1) is 23.4 Å². The molecule has 5 rings (SSSR count). The second-order valence-corrected chi connectivity index (χ2v) is 8.80. The number of aromatic nitrogens is 2. The first-order valence-corrected chi connectivity index (χ1v) is 11.2. The number of hydrogen-bond acceptors (Lipinski definition) is 5. The number of amides is 3. The summed E-state index contributed by atoms with van der Waals surface area (Å²) in [6.45, 7) is 6.15. The molecule has 0 bridgehead atoms. The van der Waals surface area contributed by atoms with Crippen LogP contribution >= 0.6 is 0 Å². The van der Waals surface area contributed by atoms with E-state index in [-0.39, 0.29) is 11.9 Å². The molecule has 3 aliphatic heterocycles. The Morgan fingerprint density at radius 2 is 1.97 bits per heavy atom. The van der Waals surface area contributed by atoms with Gasteiger partial charge in [0.1, 0.15) is 0 Å². The highest BCUT2D eigenvalue weighted by Crippen LogP contribution is 2.32. The monoisotopic (exact) mass is 410 g/mol. The van der Waals surface area contributed by atoms with Gasteiger partial charge < -0.3 is 10.2 Å². The van der Waals surface area contributed by atoms with E-state index in [0.29, 0.717) is 19.0 Å². The summed E-state index contributed by atoms with van der Waals surface area (Å²) in [6, 6.07) is 6.03. The van der Waals surface area contributed by atoms with Crippen molar-refractivity contribution in [2.24, 2.45) is 5.92 Å². The first kappa shape index (κ1) is 19.5. The molecular weight excluding hydrogens is 380 g/mol. The van der Waals surface area contributed by atoms with Crippen molar-refractivity contribution in [3.8, 4) is 0 Å². The van der Waals surface area contributed by atoms with Gasteiger partial charge in [-0.2, -0.15) is 5.10 Å². The minimum atomic E-state index is -0.350. The van der Waals surface area contributed by atoms with Crippen LogP contribution in [0.3, 0.4) is 0 Å². The molecule has 1 unspecified atom stereocenters. The van der Waals surface area contributed by atoms with Gasteiger partial charge in [-0.25, -0.2) is 4.79 Å². The third-order valence-corrected chi connectivity index (χ3v) is 6.78. The third kappa shape index (κ3) is 3.81. The molecule has 3 fully saturated rings. The average molecular weight is 411 g/mol. The van der Waals surface area contributed by atoms with E-state index >= 15 is 0 Å². The summed E-state index contributed by atoms with van der Waals surface area (Å²) in [5.74, 6) is 0.570. The maximum Gasteiger partial charge on any atom is 0.328 e. The van der Waals surface area contributed by atoms with Gasteiger partial charge in [0, 0.05) is 38.0 Å². The number of nitrogens with one attached hydrogen (secondary N) is 2. The number of piperidine rings is 2. The molecule has 2 aromatic rings. The fourth-order valence-electron chi connectivity index (χ4n) is 5.17. The van der Waals surface area contributed by atoms with Crippen LogP contribution in [0, 0.1) is 5.92 Å². The average Bonchev–Trinajstić information content (AvgIpc) is 3.20. The van der Waals surface area contributed by atoms with Crippen molar-refractivity contribution in [1.29, 1.82) is 0 Å². The fourth-order valence-corrected chi connectivity index (χ4v) is 5.17. The van der Waals surface area contributed by atoms with Crippen LogP contribution in [0.5, 0.6) is 0 Å². The molecule has 1 aromatic heterocycles. The van der Waals surface area contributed by atoms with Gasteiger partial charge >= 0.3 is 6.03 Å². The zero-order chi connectivity index (χ0) is 20.5. The molecule has 2 N–H and O–H groups in total. The quantitative estimate of drug-likeness (QED) is 0.807. The van der Waals surface area contributed by atoms with Gasteiger partial charge in [0.2, 0.25) is 5.91 Å². The Balaban J connectivity index is 1.29. The summed E-state index contributed by atoms with van der Waals surface area (Å²) in [6.07, 6.45) is 7.03. The zero-order valence-electron chi connectivity index (χ0n) is 17.3. The standard InChI is InChI=1S/C22H30N6O2/c29-21-8-12-27(22(30)25-21)19-4-1-5-20-18(19)14-24-28(20)17-6-10-26(11-7-17)15-16-3-2-9-23-13-16/h1,4-5,14,16-17,23H,2-3,6-13,15H2,(H,25,29,30). The van der Waals surface area contributed by atoms with Crippen molar-refractivity contribution in [2.45, 2.75) is 38.1 Å². The van der Waals surface area contributed by atoms with Crippen LogP contribution in [0.4, 0.5) is 10.5 Å². The van der Waals surface area contributed by atoms with Crippen molar-refractivity contribution in [2.75, 3.05) is 44.2 Å². The van der Waals surface area contributed by atoms with Crippen molar-refractivity contribution < 1.29 is 9.59 Å². The first-order valence-electron chi connectivity index (χ1n) is 11.2. The summed E-state index contributed by atoms with van der Waals surface area (Å²) in [5, 5.41) is 11.6. The molecule has 0 radical (unpaired) electrons. The Labute approximate surface area is 176 Å². The van der Waals surface area contributed by atoms with Crippen LogP contribution in [0.1, 0.15) is 38.1 Å². The molecule has 0 spiro atoms. The molecule has 1 aromatic carbocycles. The molecule has 3 amide bonds. The highest BCUT2D eigenvalue weighted by atomic mass is 16.2. The van der Waals surface area contributed by atoms with Crippen LogP contribution < -0.4 is 15.5 Å². The molecular formula is C22H30N6O2. The second kappa shape index (κ2) is 8.35. The lowest BCUT2D eigenvalue weighted by atomic mass is 9.97. The third-order valence-electron chi connectivity index (χ3n) is 6.78. The van der Waals surface area contributed by atoms with Gasteiger partial charge in [-0.05, 0) is 56.8 Å². The number of carbonyl (C=O) groups is 2. The molecule has 30 heavy (non-hydrogen) atoms. The van der Waals surface area contributed by atoms with E-state index in [9.17, 15) is 9.59 Å². The summed E-state index contributed by atoms with van der Waals surface area (Å²) in [5.41, 5.74) is 1.89. The van der Waals surface area contributed by atoms with E-state index in [2.05, 4.69) is 26.3 Å².